The molecule has 1 N–H and O–H groups in total. The first-order valence-electron chi connectivity index (χ1n) is 5.63. The van der Waals surface area contributed by atoms with Crippen LogP contribution >= 0.6 is 0 Å². The molecule has 0 aliphatic heterocycles. The highest BCUT2D eigenvalue weighted by molar-refractivity contribution is 5.46. The van der Waals surface area contributed by atoms with Crippen molar-refractivity contribution in [2.24, 2.45) is 0 Å². The van der Waals surface area contributed by atoms with Crippen LogP contribution in [0.4, 0.5) is 5.69 Å². The largest absolute Gasteiger partial charge is 0.497 e. The van der Waals surface area contributed by atoms with Crippen molar-refractivity contribution < 1.29 is 9.66 Å². The van der Waals surface area contributed by atoms with E-state index in [4.69, 9.17) is 4.74 Å². The maximum atomic E-state index is 11.0. The highest BCUT2D eigenvalue weighted by atomic mass is 16.6. The summed E-state index contributed by atoms with van der Waals surface area (Å²) in [7, 11) is 1.50. The molecule has 94 valence electrons. The van der Waals surface area contributed by atoms with Crippen molar-refractivity contribution in [1.29, 1.82) is 0 Å². The zero-order valence-corrected chi connectivity index (χ0v) is 10.4. The molecule has 0 heterocycles. The Morgan fingerprint density at radius 2 is 2.24 bits per heavy atom. The molecule has 5 heteroatoms. The molecule has 1 rings (SSSR count). The number of nitrogens with one attached hydrogen (secondary N) is 1. The summed E-state index contributed by atoms with van der Waals surface area (Å²) in [5.74, 6) is 0.511. The van der Waals surface area contributed by atoms with Crippen LogP contribution in [0.3, 0.4) is 0 Å². The van der Waals surface area contributed by atoms with E-state index in [0.29, 0.717) is 12.2 Å². The summed E-state index contributed by atoms with van der Waals surface area (Å²) in [6, 6.07) is 5.19. The van der Waals surface area contributed by atoms with Gasteiger partial charge in [-0.05, 0) is 32.0 Å². The van der Waals surface area contributed by atoms with E-state index in [1.807, 2.05) is 13.8 Å². The van der Waals surface area contributed by atoms with Gasteiger partial charge in [0.1, 0.15) is 5.75 Å². The van der Waals surface area contributed by atoms with Crippen LogP contribution in [0, 0.1) is 10.1 Å². The predicted octanol–water partition coefficient (Wildman–Crippen LogP) is 2.14. The molecule has 0 saturated carbocycles. The van der Waals surface area contributed by atoms with Crippen LogP contribution in [0.2, 0.25) is 0 Å². The second-order valence-electron chi connectivity index (χ2n) is 3.91. The lowest BCUT2D eigenvalue weighted by Gasteiger charge is -2.12. The second kappa shape index (κ2) is 6.20. The molecule has 0 aromatic heterocycles. The molecule has 1 aromatic rings. The van der Waals surface area contributed by atoms with E-state index in [-0.39, 0.29) is 16.7 Å². The summed E-state index contributed by atoms with van der Waals surface area (Å²) >= 11 is 0. The summed E-state index contributed by atoms with van der Waals surface area (Å²) < 4.78 is 4.99. The Labute approximate surface area is 101 Å². The summed E-state index contributed by atoms with van der Waals surface area (Å²) in [6.07, 6.45) is 0.633. The van der Waals surface area contributed by atoms with Crippen LogP contribution in [0.25, 0.3) is 0 Å². The third-order valence-electron chi connectivity index (χ3n) is 2.57. The molecule has 5 nitrogen and oxygen atoms in total. The highest BCUT2D eigenvalue weighted by Crippen LogP contribution is 2.25. The van der Waals surface area contributed by atoms with Gasteiger partial charge in [-0.15, -0.1) is 0 Å². The minimum absolute atomic E-state index is 0.120. The average Bonchev–Trinajstić information content (AvgIpc) is 2.29. The molecule has 17 heavy (non-hydrogen) atoms. The van der Waals surface area contributed by atoms with Gasteiger partial charge in [-0.1, -0.05) is 6.92 Å². The maximum Gasteiger partial charge on any atom is 0.276 e. The van der Waals surface area contributed by atoms with Gasteiger partial charge in [-0.3, -0.25) is 10.1 Å². The fourth-order valence-corrected chi connectivity index (χ4v) is 1.76. The first-order chi connectivity index (χ1) is 8.08. The standard InChI is InChI=1S/C12H18N2O3/c1-4-13-9(2)7-10-5-6-11(17-3)8-12(10)14(15)16/h5-6,8-9,13H,4,7H2,1-3H3. The van der Waals surface area contributed by atoms with Gasteiger partial charge in [-0.25, -0.2) is 0 Å². The predicted molar refractivity (Wildman–Crippen MR) is 66.5 cm³/mol. The molecule has 0 bridgehead atoms. The van der Waals surface area contributed by atoms with Crippen LogP contribution in [0.15, 0.2) is 18.2 Å². The van der Waals surface area contributed by atoms with E-state index < -0.39 is 0 Å². The Morgan fingerprint density at radius 1 is 1.53 bits per heavy atom. The smallest absolute Gasteiger partial charge is 0.276 e. The SMILES string of the molecule is CCNC(C)Cc1ccc(OC)cc1[N+](=O)[O-]. The van der Waals surface area contributed by atoms with Gasteiger partial charge in [0.15, 0.2) is 0 Å². The van der Waals surface area contributed by atoms with Gasteiger partial charge in [0.05, 0.1) is 18.1 Å². The number of ether oxygens (including phenoxy) is 1. The zero-order chi connectivity index (χ0) is 12.8. The van der Waals surface area contributed by atoms with E-state index in [1.54, 1.807) is 12.1 Å². The molecule has 0 fully saturated rings. The minimum atomic E-state index is -0.365. The second-order valence-corrected chi connectivity index (χ2v) is 3.91. The van der Waals surface area contributed by atoms with E-state index in [1.165, 1.54) is 13.2 Å². The van der Waals surface area contributed by atoms with Crippen LogP contribution < -0.4 is 10.1 Å². The number of hydrogen-bond donors (Lipinski definition) is 1. The quantitative estimate of drug-likeness (QED) is 0.609. The van der Waals surface area contributed by atoms with Crippen LogP contribution in [-0.2, 0) is 6.42 Å². The number of hydrogen-bond acceptors (Lipinski definition) is 4. The molecular weight excluding hydrogens is 220 g/mol. The topological polar surface area (TPSA) is 64.4 Å². The number of likely N-dealkylation sites (N-methyl/N-ethyl adjacent to an activating group) is 1. The summed E-state index contributed by atoms with van der Waals surface area (Å²) in [5.41, 5.74) is 0.846. The molecule has 0 aliphatic rings. The Hall–Kier alpha value is -1.62. The number of methoxy groups -OCH3 is 1. The van der Waals surface area contributed by atoms with Gasteiger partial charge in [0.2, 0.25) is 0 Å². The molecule has 0 spiro atoms. The lowest BCUT2D eigenvalue weighted by Crippen LogP contribution is -2.27. The first kappa shape index (κ1) is 13.4. The van der Waals surface area contributed by atoms with Gasteiger partial charge in [0, 0.05) is 11.6 Å². The van der Waals surface area contributed by atoms with Crippen LogP contribution in [0.5, 0.6) is 5.75 Å². The number of nitrogens with zero attached hydrogens (tertiary/aromatic N) is 1. The van der Waals surface area contributed by atoms with Crippen LogP contribution in [0.1, 0.15) is 19.4 Å². The maximum absolute atomic E-state index is 11.0. The molecule has 0 radical (unpaired) electrons. The normalized spacial score (nSPS) is 12.2. The lowest BCUT2D eigenvalue weighted by molar-refractivity contribution is -0.385. The fourth-order valence-electron chi connectivity index (χ4n) is 1.76. The molecular formula is C12H18N2O3. The molecule has 0 amide bonds. The summed E-state index contributed by atoms with van der Waals surface area (Å²) in [4.78, 5) is 10.6. The third-order valence-corrected chi connectivity index (χ3v) is 2.57. The van der Waals surface area contributed by atoms with E-state index in [9.17, 15) is 10.1 Å². The molecule has 0 aliphatic carbocycles. The van der Waals surface area contributed by atoms with Crippen LogP contribution in [-0.4, -0.2) is 24.6 Å². The third kappa shape index (κ3) is 3.71. The number of benzene rings is 1. The van der Waals surface area contributed by atoms with E-state index in [0.717, 1.165) is 12.1 Å². The number of nitro benzene ring substituents is 1. The van der Waals surface area contributed by atoms with E-state index >= 15 is 0 Å². The first-order valence-corrected chi connectivity index (χ1v) is 5.63. The number of rotatable bonds is 6. The van der Waals surface area contributed by atoms with Crippen molar-refractivity contribution >= 4 is 5.69 Å². The van der Waals surface area contributed by atoms with Gasteiger partial charge < -0.3 is 10.1 Å². The summed E-state index contributed by atoms with van der Waals surface area (Å²) in [5, 5.41) is 14.2. The van der Waals surface area contributed by atoms with Crippen molar-refractivity contribution in [3.8, 4) is 5.75 Å². The average molecular weight is 238 g/mol. The molecule has 1 aromatic carbocycles. The Kier molecular flexibility index (Phi) is 4.90. The fraction of sp³-hybridized carbons (Fsp3) is 0.500. The Bertz CT molecular complexity index is 393. The molecule has 1 atom stereocenters. The Balaban J connectivity index is 2.94. The van der Waals surface area contributed by atoms with Gasteiger partial charge in [-0.2, -0.15) is 0 Å². The van der Waals surface area contributed by atoms with E-state index in [2.05, 4.69) is 5.32 Å². The van der Waals surface area contributed by atoms with Crippen molar-refractivity contribution in [2.45, 2.75) is 26.3 Å². The lowest BCUT2D eigenvalue weighted by atomic mass is 10.0. The number of nitro groups is 1. The van der Waals surface area contributed by atoms with Crippen molar-refractivity contribution in [3.05, 3.63) is 33.9 Å². The monoisotopic (exact) mass is 238 g/mol. The molecule has 0 saturated heterocycles. The minimum Gasteiger partial charge on any atom is -0.497 e. The van der Waals surface area contributed by atoms with Crippen molar-refractivity contribution in [2.75, 3.05) is 13.7 Å². The molecule has 1 unspecified atom stereocenters. The summed E-state index contributed by atoms with van der Waals surface area (Å²) in [6.45, 7) is 4.88. The van der Waals surface area contributed by atoms with Gasteiger partial charge in [0.25, 0.3) is 5.69 Å². The highest BCUT2D eigenvalue weighted by Gasteiger charge is 2.16. The van der Waals surface area contributed by atoms with Crippen molar-refractivity contribution in [3.63, 3.8) is 0 Å². The zero-order valence-electron chi connectivity index (χ0n) is 10.4. The Morgan fingerprint density at radius 3 is 2.76 bits per heavy atom. The van der Waals surface area contributed by atoms with Crippen molar-refractivity contribution in [1.82, 2.24) is 5.32 Å². The van der Waals surface area contributed by atoms with Gasteiger partial charge >= 0.3 is 0 Å².